The van der Waals surface area contributed by atoms with Crippen LogP contribution in [0.5, 0.6) is 5.75 Å². The van der Waals surface area contributed by atoms with E-state index >= 15 is 0 Å². The van der Waals surface area contributed by atoms with Crippen molar-refractivity contribution in [3.8, 4) is 5.75 Å². The summed E-state index contributed by atoms with van der Waals surface area (Å²) in [5.41, 5.74) is 1.28. The van der Waals surface area contributed by atoms with Crippen LogP contribution in [0.2, 0.25) is 0 Å². The van der Waals surface area contributed by atoms with Gasteiger partial charge in [-0.1, -0.05) is 0 Å². The minimum atomic E-state index is -1.03. The maximum Gasteiger partial charge on any atom is 0.328 e. The number of nitrogens with zero attached hydrogens (tertiary/aromatic N) is 1. The zero-order valence-electron chi connectivity index (χ0n) is 11.7. The number of pyridine rings is 1. The topological polar surface area (TPSA) is 77.9 Å². The smallest absolute Gasteiger partial charge is 0.328 e. The van der Waals surface area contributed by atoms with Crippen LogP contribution in [0.25, 0.3) is 6.08 Å². The van der Waals surface area contributed by atoms with E-state index in [-0.39, 0.29) is 0 Å². The lowest BCUT2D eigenvalue weighted by molar-refractivity contribution is -0.131. The van der Waals surface area contributed by atoms with Crippen LogP contribution in [0.15, 0.2) is 18.2 Å². The van der Waals surface area contributed by atoms with Crippen molar-refractivity contribution in [2.45, 2.75) is 6.92 Å². The van der Waals surface area contributed by atoms with Gasteiger partial charge in [0.2, 0.25) is 0 Å². The Morgan fingerprint density at radius 2 is 2.05 bits per heavy atom. The maximum atomic E-state index is 10.5. The van der Waals surface area contributed by atoms with Crippen molar-refractivity contribution in [1.29, 1.82) is 0 Å². The second-order valence-corrected chi connectivity index (χ2v) is 3.96. The molecule has 0 amide bonds. The van der Waals surface area contributed by atoms with Crippen LogP contribution in [0, 0.1) is 6.92 Å². The number of hydrogen-bond donors (Lipinski definition) is 1. The van der Waals surface area contributed by atoms with Crippen molar-refractivity contribution in [1.82, 2.24) is 4.98 Å². The lowest BCUT2D eigenvalue weighted by Crippen LogP contribution is -2.10. The van der Waals surface area contributed by atoms with Gasteiger partial charge in [-0.05, 0) is 25.1 Å². The minimum absolute atomic E-state index is 0.363. The van der Waals surface area contributed by atoms with Crippen LogP contribution in [-0.4, -0.2) is 49.6 Å². The zero-order valence-corrected chi connectivity index (χ0v) is 11.7. The molecule has 0 fully saturated rings. The second kappa shape index (κ2) is 9.06. The number of aryl methyl sites for hydroxylation is 1. The first-order valence-electron chi connectivity index (χ1n) is 6.21. The van der Waals surface area contributed by atoms with E-state index in [9.17, 15) is 4.79 Å². The lowest BCUT2D eigenvalue weighted by Gasteiger charge is -2.09. The van der Waals surface area contributed by atoms with Gasteiger partial charge >= 0.3 is 5.97 Å². The molecule has 0 saturated carbocycles. The van der Waals surface area contributed by atoms with Gasteiger partial charge < -0.3 is 19.3 Å². The van der Waals surface area contributed by atoms with Gasteiger partial charge in [0.25, 0.3) is 0 Å². The number of ether oxygens (including phenoxy) is 3. The minimum Gasteiger partial charge on any atom is -0.489 e. The summed E-state index contributed by atoms with van der Waals surface area (Å²) in [6.45, 7) is 3.67. The van der Waals surface area contributed by atoms with Crippen LogP contribution in [-0.2, 0) is 14.3 Å². The molecule has 6 nitrogen and oxygen atoms in total. The van der Waals surface area contributed by atoms with Crippen molar-refractivity contribution in [3.05, 3.63) is 29.6 Å². The predicted molar refractivity (Wildman–Crippen MR) is 73.8 cm³/mol. The number of carboxylic acids is 1. The number of aromatic nitrogens is 1. The van der Waals surface area contributed by atoms with Crippen LogP contribution in [0.1, 0.15) is 11.4 Å². The normalized spacial score (nSPS) is 10.9. The first-order valence-corrected chi connectivity index (χ1v) is 6.21. The van der Waals surface area contributed by atoms with Crippen molar-refractivity contribution >= 4 is 12.0 Å². The summed E-state index contributed by atoms with van der Waals surface area (Å²) in [6, 6.07) is 3.57. The highest BCUT2D eigenvalue weighted by molar-refractivity contribution is 5.85. The Balaban J connectivity index is 2.53. The van der Waals surface area contributed by atoms with Gasteiger partial charge in [-0.2, -0.15) is 0 Å². The number of hydrogen-bond acceptors (Lipinski definition) is 5. The average molecular weight is 281 g/mol. The van der Waals surface area contributed by atoms with Gasteiger partial charge in [0.1, 0.15) is 18.1 Å². The average Bonchev–Trinajstić information content (AvgIpc) is 2.42. The van der Waals surface area contributed by atoms with Crippen LogP contribution >= 0.6 is 0 Å². The van der Waals surface area contributed by atoms with Gasteiger partial charge in [0.15, 0.2) is 0 Å². The summed E-state index contributed by atoms with van der Waals surface area (Å²) in [5.74, 6) is -0.495. The third-order valence-corrected chi connectivity index (χ3v) is 2.33. The molecule has 0 spiro atoms. The first kappa shape index (κ1) is 16.1. The molecule has 1 N–H and O–H groups in total. The molecule has 0 bridgehead atoms. The van der Waals surface area contributed by atoms with E-state index in [2.05, 4.69) is 4.98 Å². The number of carboxylic acid groups (broad SMARTS) is 1. The quantitative estimate of drug-likeness (QED) is 0.546. The molecule has 110 valence electrons. The number of aliphatic carboxylic acids is 1. The summed E-state index contributed by atoms with van der Waals surface area (Å²) in [7, 11) is 1.61. The monoisotopic (exact) mass is 281 g/mol. The van der Waals surface area contributed by atoms with Gasteiger partial charge in [0.05, 0.1) is 19.8 Å². The Hall–Kier alpha value is -1.92. The fraction of sp³-hybridized carbons (Fsp3) is 0.429. The van der Waals surface area contributed by atoms with E-state index in [0.29, 0.717) is 37.9 Å². The summed E-state index contributed by atoms with van der Waals surface area (Å²) >= 11 is 0. The third-order valence-electron chi connectivity index (χ3n) is 2.33. The van der Waals surface area contributed by atoms with Crippen LogP contribution in [0.4, 0.5) is 0 Å². The molecule has 0 aliphatic heterocycles. The lowest BCUT2D eigenvalue weighted by atomic mass is 10.2. The van der Waals surface area contributed by atoms with Crippen molar-refractivity contribution in [2.24, 2.45) is 0 Å². The largest absolute Gasteiger partial charge is 0.489 e. The number of carbonyl (C=O) groups is 1. The van der Waals surface area contributed by atoms with Crippen LogP contribution in [0.3, 0.4) is 0 Å². The fourth-order valence-corrected chi connectivity index (χ4v) is 1.41. The van der Waals surface area contributed by atoms with Crippen LogP contribution < -0.4 is 4.74 Å². The molecule has 0 aromatic carbocycles. The summed E-state index contributed by atoms with van der Waals surface area (Å²) < 4.78 is 15.7. The van der Waals surface area contributed by atoms with Gasteiger partial charge in [-0.25, -0.2) is 9.78 Å². The molecule has 0 aliphatic carbocycles. The third kappa shape index (κ3) is 6.31. The van der Waals surface area contributed by atoms with Crippen molar-refractivity contribution in [2.75, 3.05) is 33.5 Å². The second-order valence-electron chi connectivity index (χ2n) is 3.96. The predicted octanol–water partition coefficient (Wildman–Crippen LogP) is 1.53. The summed E-state index contributed by atoms with van der Waals surface area (Å²) in [6.07, 6.45) is 2.44. The highest BCUT2D eigenvalue weighted by Gasteiger charge is 2.04. The SMILES string of the molecule is COCCOCCOc1ccc(C)nc1C=CC(=O)O. The van der Waals surface area contributed by atoms with E-state index in [1.807, 2.05) is 6.92 Å². The molecule has 20 heavy (non-hydrogen) atoms. The molecule has 1 rings (SSSR count). The molecule has 0 saturated heterocycles. The Kier molecular flexibility index (Phi) is 7.31. The van der Waals surface area contributed by atoms with Crippen molar-refractivity contribution in [3.63, 3.8) is 0 Å². The number of methoxy groups -OCH3 is 1. The van der Waals surface area contributed by atoms with Gasteiger partial charge in [-0.15, -0.1) is 0 Å². The standard InChI is InChI=1S/C14H19NO5/c1-11-3-5-13(12(15-11)4-6-14(16)17)20-10-9-19-8-7-18-2/h3-6H,7-10H2,1-2H3,(H,16,17). The molecule has 0 atom stereocenters. The first-order chi connectivity index (χ1) is 9.63. The molecule has 0 radical (unpaired) electrons. The molecule has 1 aromatic heterocycles. The molecular formula is C14H19NO5. The Morgan fingerprint density at radius 1 is 1.30 bits per heavy atom. The molecule has 6 heteroatoms. The Labute approximate surface area is 118 Å². The zero-order chi connectivity index (χ0) is 14.8. The van der Waals surface area contributed by atoms with Crippen molar-refractivity contribution < 1.29 is 24.1 Å². The highest BCUT2D eigenvalue weighted by atomic mass is 16.5. The molecule has 0 aliphatic rings. The van der Waals surface area contributed by atoms with E-state index in [0.717, 1.165) is 11.8 Å². The molecule has 1 aromatic rings. The summed E-state index contributed by atoms with van der Waals surface area (Å²) in [4.78, 5) is 14.8. The highest BCUT2D eigenvalue weighted by Crippen LogP contribution is 2.18. The molecule has 1 heterocycles. The molecular weight excluding hydrogens is 262 g/mol. The van der Waals surface area contributed by atoms with Gasteiger partial charge in [0, 0.05) is 18.9 Å². The van der Waals surface area contributed by atoms with E-state index in [4.69, 9.17) is 19.3 Å². The Morgan fingerprint density at radius 3 is 2.75 bits per heavy atom. The number of rotatable bonds is 9. The fourth-order valence-electron chi connectivity index (χ4n) is 1.41. The Bertz CT molecular complexity index is 459. The summed E-state index contributed by atoms with van der Waals surface area (Å²) in [5, 5.41) is 8.64. The van der Waals surface area contributed by atoms with E-state index in [1.54, 1.807) is 19.2 Å². The van der Waals surface area contributed by atoms with Gasteiger partial charge in [-0.3, -0.25) is 0 Å². The van der Waals surface area contributed by atoms with E-state index < -0.39 is 5.97 Å². The molecule has 0 unspecified atom stereocenters. The van der Waals surface area contributed by atoms with E-state index in [1.165, 1.54) is 6.08 Å². The maximum absolute atomic E-state index is 10.5.